The summed E-state index contributed by atoms with van der Waals surface area (Å²) >= 11 is 0. The minimum atomic E-state index is -0.693. The minimum Gasteiger partial charge on any atom is -0.385 e. The highest BCUT2D eigenvalue weighted by molar-refractivity contribution is 5.85. The number of carbonyl (C=O) groups is 1. The maximum atomic E-state index is 11.7. The fourth-order valence-corrected chi connectivity index (χ4v) is 1.32. The van der Waals surface area contributed by atoms with Gasteiger partial charge in [-0.2, -0.15) is 0 Å². The topological polar surface area (TPSA) is 64.4 Å². The number of unbranched alkanes of at least 4 members (excludes halogenated alkanes) is 1. The maximum absolute atomic E-state index is 11.7. The van der Waals surface area contributed by atoms with Crippen LogP contribution >= 0.6 is 0 Å². The predicted octanol–water partition coefficient (Wildman–Crippen LogP) is 1.05. The van der Waals surface area contributed by atoms with Crippen LogP contribution in [0.4, 0.5) is 0 Å². The van der Waals surface area contributed by atoms with Crippen molar-refractivity contribution in [2.24, 2.45) is 5.73 Å². The van der Waals surface area contributed by atoms with Crippen molar-refractivity contribution in [1.29, 1.82) is 0 Å². The predicted molar refractivity (Wildman–Crippen MR) is 61.6 cm³/mol. The Balaban J connectivity index is 3.73. The minimum absolute atomic E-state index is 0.0371. The molecule has 0 bridgehead atoms. The van der Waals surface area contributed by atoms with Crippen LogP contribution < -0.4 is 11.1 Å². The lowest BCUT2D eigenvalue weighted by Gasteiger charge is -2.25. The van der Waals surface area contributed by atoms with Crippen molar-refractivity contribution in [3.8, 4) is 0 Å². The molecule has 3 N–H and O–H groups in total. The lowest BCUT2D eigenvalue weighted by atomic mass is 9.93. The van der Waals surface area contributed by atoms with Gasteiger partial charge >= 0.3 is 0 Å². The Labute approximate surface area is 92.6 Å². The zero-order chi connectivity index (χ0) is 11.7. The SMILES string of the molecule is CCC(N)(CC)C(=O)NCCCCOC. The van der Waals surface area contributed by atoms with Crippen LogP contribution in [0.15, 0.2) is 0 Å². The summed E-state index contributed by atoms with van der Waals surface area (Å²) in [4.78, 5) is 11.7. The first-order valence-corrected chi connectivity index (χ1v) is 5.66. The normalized spacial score (nSPS) is 11.5. The number of ether oxygens (including phenoxy) is 1. The lowest BCUT2D eigenvalue weighted by Crippen LogP contribution is -2.53. The molecule has 0 spiro atoms. The van der Waals surface area contributed by atoms with Gasteiger partial charge < -0.3 is 15.8 Å². The van der Waals surface area contributed by atoms with Gasteiger partial charge in [0.25, 0.3) is 0 Å². The third-order valence-electron chi connectivity index (χ3n) is 2.77. The maximum Gasteiger partial charge on any atom is 0.240 e. The molecule has 0 aliphatic heterocycles. The molecule has 0 aromatic heterocycles. The second-order valence-corrected chi connectivity index (χ2v) is 3.82. The van der Waals surface area contributed by atoms with Crippen LogP contribution in [0.3, 0.4) is 0 Å². The lowest BCUT2D eigenvalue weighted by molar-refractivity contribution is -0.126. The van der Waals surface area contributed by atoms with E-state index < -0.39 is 5.54 Å². The van der Waals surface area contributed by atoms with Crippen molar-refractivity contribution in [3.63, 3.8) is 0 Å². The van der Waals surface area contributed by atoms with E-state index in [4.69, 9.17) is 10.5 Å². The molecular formula is C11H24N2O2. The van der Waals surface area contributed by atoms with E-state index in [1.807, 2.05) is 13.8 Å². The Kier molecular flexibility index (Phi) is 7.34. The fraction of sp³-hybridized carbons (Fsp3) is 0.909. The van der Waals surface area contributed by atoms with E-state index in [0.29, 0.717) is 19.4 Å². The van der Waals surface area contributed by atoms with Crippen LogP contribution in [-0.4, -0.2) is 31.7 Å². The molecule has 0 fully saturated rings. The molecule has 4 heteroatoms. The van der Waals surface area contributed by atoms with Gasteiger partial charge in [0.2, 0.25) is 5.91 Å². The molecule has 0 aliphatic rings. The van der Waals surface area contributed by atoms with Crippen molar-refractivity contribution in [2.75, 3.05) is 20.3 Å². The Morgan fingerprint density at radius 1 is 1.33 bits per heavy atom. The first-order chi connectivity index (χ1) is 7.10. The molecule has 0 rings (SSSR count). The number of nitrogens with two attached hydrogens (primary N) is 1. The summed E-state index contributed by atoms with van der Waals surface area (Å²) in [6.45, 7) is 5.30. The number of carbonyl (C=O) groups excluding carboxylic acids is 1. The Morgan fingerprint density at radius 3 is 2.40 bits per heavy atom. The van der Waals surface area contributed by atoms with Gasteiger partial charge in [0.15, 0.2) is 0 Å². The molecule has 0 aromatic rings. The van der Waals surface area contributed by atoms with E-state index in [2.05, 4.69) is 5.32 Å². The summed E-state index contributed by atoms with van der Waals surface area (Å²) in [6, 6.07) is 0. The molecule has 0 saturated carbocycles. The number of nitrogens with one attached hydrogen (secondary N) is 1. The van der Waals surface area contributed by atoms with Crippen LogP contribution in [-0.2, 0) is 9.53 Å². The molecule has 15 heavy (non-hydrogen) atoms. The van der Waals surface area contributed by atoms with Gasteiger partial charge in [-0.25, -0.2) is 0 Å². The van der Waals surface area contributed by atoms with E-state index in [-0.39, 0.29) is 5.91 Å². The molecule has 0 aliphatic carbocycles. The average molecular weight is 216 g/mol. The molecule has 0 saturated heterocycles. The van der Waals surface area contributed by atoms with E-state index in [1.165, 1.54) is 0 Å². The number of amides is 1. The van der Waals surface area contributed by atoms with Crippen LogP contribution in [0, 0.1) is 0 Å². The standard InChI is InChI=1S/C11H24N2O2/c1-4-11(12,5-2)10(14)13-8-6-7-9-15-3/h4-9,12H2,1-3H3,(H,13,14). The molecule has 0 atom stereocenters. The summed E-state index contributed by atoms with van der Waals surface area (Å²) in [7, 11) is 1.68. The largest absolute Gasteiger partial charge is 0.385 e. The van der Waals surface area contributed by atoms with E-state index in [0.717, 1.165) is 19.4 Å². The molecule has 0 aromatic carbocycles. The monoisotopic (exact) mass is 216 g/mol. The zero-order valence-electron chi connectivity index (χ0n) is 10.1. The number of hydrogen-bond donors (Lipinski definition) is 2. The van der Waals surface area contributed by atoms with E-state index in [9.17, 15) is 4.79 Å². The van der Waals surface area contributed by atoms with Gasteiger partial charge in [0.1, 0.15) is 0 Å². The van der Waals surface area contributed by atoms with Crippen LogP contribution in [0.5, 0.6) is 0 Å². The third-order valence-corrected chi connectivity index (χ3v) is 2.77. The molecule has 0 heterocycles. The quantitative estimate of drug-likeness (QED) is 0.596. The van der Waals surface area contributed by atoms with Crippen molar-refractivity contribution in [2.45, 2.75) is 45.1 Å². The van der Waals surface area contributed by atoms with Crippen molar-refractivity contribution in [3.05, 3.63) is 0 Å². The molecule has 4 nitrogen and oxygen atoms in total. The van der Waals surface area contributed by atoms with Gasteiger partial charge in [-0.1, -0.05) is 13.8 Å². The van der Waals surface area contributed by atoms with E-state index in [1.54, 1.807) is 7.11 Å². The number of methoxy groups -OCH3 is 1. The van der Waals surface area contributed by atoms with Crippen LogP contribution in [0.2, 0.25) is 0 Å². The summed E-state index contributed by atoms with van der Waals surface area (Å²) in [5, 5.41) is 2.86. The summed E-state index contributed by atoms with van der Waals surface area (Å²) < 4.78 is 4.92. The average Bonchev–Trinajstić information content (AvgIpc) is 2.27. The van der Waals surface area contributed by atoms with Crippen LogP contribution in [0.1, 0.15) is 39.5 Å². The first-order valence-electron chi connectivity index (χ1n) is 5.66. The highest BCUT2D eigenvalue weighted by Gasteiger charge is 2.29. The third kappa shape index (κ3) is 5.14. The van der Waals surface area contributed by atoms with Crippen LogP contribution in [0.25, 0.3) is 0 Å². The second kappa shape index (κ2) is 7.65. The zero-order valence-corrected chi connectivity index (χ0v) is 10.1. The Hall–Kier alpha value is -0.610. The van der Waals surface area contributed by atoms with Gasteiger partial charge in [-0.3, -0.25) is 4.79 Å². The van der Waals surface area contributed by atoms with Crippen molar-refractivity contribution >= 4 is 5.91 Å². The van der Waals surface area contributed by atoms with E-state index >= 15 is 0 Å². The van der Waals surface area contributed by atoms with Gasteiger partial charge in [-0.05, 0) is 25.7 Å². The molecule has 0 unspecified atom stereocenters. The molecule has 1 amide bonds. The summed E-state index contributed by atoms with van der Waals surface area (Å²) in [5.41, 5.74) is 5.25. The van der Waals surface area contributed by atoms with Gasteiger partial charge in [0.05, 0.1) is 5.54 Å². The molecule has 0 radical (unpaired) electrons. The Morgan fingerprint density at radius 2 is 1.93 bits per heavy atom. The van der Waals surface area contributed by atoms with Gasteiger partial charge in [0, 0.05) is 20.3 Å². The smallest absolute Gasteiger partial charge is 0.240 e. The first kappa shape index (κ1) is 14.4. The van der Waals surface area contributed by atoms with Crippen molar-refractivity contribution in [1.82, 2.24) is 5.32 Å². The summed E-state index contributed by atoms with van der Waals surface area (Å²) in [6.07, 6.45) is 3.25. The molecular weight excluding hydrogens is 192 g/mol. The Bertz CT molecular complexity index is 179. The fourth-order valence-electron chi connectivity index (χ4n) is 1.32. The second-order valence-electron chi connectivity index (χ2n) is 3.82. The molecule has 90 valence electrons. The van der Waals surface area contributed by atoms with Crippen molar-refractivity contribution < 1.29 is 9.53 Å². The summed E-state index contributed by atoms with van der Waals surface area (Å²) in [5.74, 6) is -0.0371. The highest BCUT2D eigenvalue weighted by Crippen LogP contribution is 2.10. The number of hydrogen-bond acceptors (Lipinski definition) is 3. The highest BCUT2D eigenvalue weighted by atomic mass is 16.5. The number of rotatable bonds is 8. The van der Waals surface area contributed by atoms with Gasteiger partial charge in [-0.15, -0.1) is 0 Å².